The lowest BCUT2D eigenvalue weighted by Gasteiger charge is -2.07. The fourth-order valence-electron chi connectivity index (χ4n) is 1.74. The van der Waals surface area contributed by atoms with Crippen LogP contribution in [0, 0.1) is 11.6 Å². The maximum atomic E-state index is 12.9. The van der Waals surface area contributed by atoms with Gasteiger partial charge in [0, 0.05) is 6.54 Å². The average molecular weight is 296 g/mol. The maximum Gasteiger partial charge on any atom is 0.252 e. The topological polar surface area (TPSA) is 29.1 Å². The van der Waals surface area contributed by atoms with E-state index in [1.807, 2.05) is 0 Å². The molecule has 2 nitrogen and oxygen atoms in total. The van der Waals surface area contributed by atoms with Gasteiger partial charge in [0.05, 0.1) is 10.6 Å². The molecule has 0 saturated heterocycles. The normalized spacial score (nSPS) is 10.3. The van der Waals surface area contributed by atoms with Crippen molar-refractivity contribution in [2.75, 3.05) is 6.54 Å². The summed E-state index contributed by atoms with van der Waals surface area (Å²) in [7, 11) is 0. The molecule has 2 aromatic carbocycles. The van der Waals surface area contributed by atoms with Crippen LogP contribution >= 0.6 is 11.6 Å². The van der Waals surface area contributed by atoms with Crippen LogP contribution in [-0.2, 0) is 6.42 Å². The molecule has 0 unspecified atom stereocenters. The standard InChI is InChI=1S/C15H12ClF2NO/c16-14-9-12(18)5-6-13(14)15(20)19-8-7-10-1-3-11(17)4-2-10/h1-6,9H,7-8H2,(H,19,20). The summed E-state index contributed by atoms with van der Waals surface area (Å²) in [5.74, 6) is -1.15. The van der Waals surface area contributed by atoms with Crippen molar-refractivity contribution in [2.45, 2.75) is 6.42 Å². The first-order valence-electron chi connectivity index (χ1n) is 6.04. The van der Waals surface area contributed by atoms with E-state index < -0.39 is 5.82 Å². The lowest BCUT2D eigenvalue weighted by atomic mass is 10.1. The Morgan fingerprint density at radius 3 is 2.35 bits per heavy atom. The first-order chi connectivity index (χ1) is 9.56. The zero-order chi connectivity index (χ0) is 14.5. The summed E-state index contributed by atoms with van der Waals surface area (Å²) < 4.78 is 25.6. The summed E-state index contributed by atoms with van der Waals surface area (Å²) in [5.41, 5.74) is 1.14. The molecular formula is C15H12ClF2NO. The van der Waals surface area contributed by atoms with Crippen molar-refractivity contribution in [3.05, 3.63) is 70.2 Å². The highest BCUT2D eigenvalue weighted by atomic mass is 35.5. The van der Waals surface area contributed by atoms with E-state index in [9.17, 15) is 13.6 Å². The lowest BCUT2D eigenvalue weighted by Crippen LogP contribution is -2.26. The highest BCUT2D eigenvalue weighted by Crippen LogP contribution is 2.16. The molecule has 0 atom stereocenters. The van der Waals surface area contributed by atoms with E-state index >= 15 is 0 Å². The fourth-order valence-corrected chi connectivity index (χ4v) is 1.99. The molecule has 2 aromatic rings. The number of carbonyl (C=O) groups excluding carboxylic acids is 1. The molecule has 0 aliphatic rings. The van der Waals surface area contributed by atoms with Gasteiger partial charge in [-0.05, 0) is 42.3 Å². The number of hydrogen-bond acceptors (Lipinski definition) is 1. The zero-order valence-corrected chi connectivity index (χ0v) is 11.3. The fraction of sp³-hybridized carbons (Fsp3) is 0.133. The minimum Gasteiger partial charge on any atom is -0.352 e. The maximum absolute atomic E-state index is 12.9. The molecule has 20 heavy (non-hydrogen) atoms. The number of hydrogen-bond donors (Lipinski definition) is 1. The van der Waals surface area contributed by atoms with Crippen LogP contribution in [0.15, 0.2) is 42.5 Å². The van der Waals surface area contributed by atoms with Crippen molar-refractivity contribution < 1.29 is 13.6 Å². The van der Waals surface area contributed by atoms with Gasteiger partial charge in [0.25, 0.3) is 5.91 Å². The van der Waals surface area contributed by atoms with Crippen LogP contribution in [0.2, 0.25) is 5.02 Å². The molecule has 1 amide bonds. The Hall–Kier alpha value is -1.94. The summed E-state index contributed by atoms with van der Waals surface area (Å²) in [4.78, 5) is 11.8. The van der Waals surface area contributed by atoms with E-state index in [0.717, 1.165) is 11.6 Å². The van der Waals surface area contributed by atoms with Crippen molar-refractivity contribution >= 4 is 17.5 Å². The van der Waals surface area contributed by atoms with Crippen LogP contribution in [-0.4, -0.2) is 12.5 Å². The Bertz CT molecular complexity index is 614. The molecule has 104 valence electrons. The van der Waals surface area contributed by atoms with Gasteiger partial charge in [-0.3, -0.25) is 4.79 Å². The van der Waals surface area contributed by atoms with Crippen molar-refractivity contribution in [3.63, 3.8) is 0 Å². The van der Waals surface area contributed by atoms with Gasteiger partial charge < -0.3 is 5.32 Å². The Morgan fingerprint density at radius 2 is 1.70 bits per heavy atom. The third-order valence-corrected chi connectivity index (χ3v) is 3.10. The summed E-state index contributed by atoms with van der Waals surface area (Å²) in [6.45, 7) is 0.387. The number of carbonyl (C=O) groups is 1. The van der Waals surface area contributed by atoms with E-state index in [0.29, 0.717) is 13.0 Å². The second kappa shape index (κ2) is 6.48. The average Bonchev–Trinajstić information content (AvgIpc) is 2.41. The molecule has 1 N–H and O–H groups in total. The molecule has 0 saturated carbocycles. The molecule has 5 heteroatoms. The molecule has 0 fully saturated rings. The Morgan fingerprint density at radius 1 is 1.05 bits per heavy atom. The van der Waals surface area contributed by atoms with Gasteiger partial charge in [-0.15, -0.1) is 0 Å². The largest absolute Gasteiger partial charge is 0.352 e. The molecule has 2 rings (SSSR count). The van der Waals surface area contributed by atoms with Gasteiger partial charge in [-0.2, -0.15) is 0 Å². The van der Waals surface area contributed by atoms with Gasteiger partial charge >= 0.3 is 0 Å². The van der Waals surface area contributed by atoms with Crippen LogP contribution < -0.4 is 5.32 Å². The summed E-state index contributed by atoms with van der Waals surface area (Å²) >= 11 is 5.80. The second-order valence-electron chi connectivity index (χ2n) is 4.26. The van der Waals surface area contributed by atoms with Crippen molar-refractivity contribution in [3.8, 4) is 0 Å². The van der Waals surface area contributed by atoms with Gasteiger partial charge in [0.15, 0.2) is 0 Å². The summed E-state index contributed by atoms with van der Waals surface area (Å²) in [5, 5.41) is 2.76. The molecule has 0 spiro atoms. The molecular weight excluding hydrogens is 284 g/mol. The van der Waals surface area contributed by atoms with E-state index in [1.54, 1.807) is 12.1 Å². The quantitative estimate of drug-likeness (QED) is 0.917. The van der Waals surface area contributed by atoms with E-state index in [1.165, 1.54) is 24.3 Å². The van der Waals surface area contributed by atoms with Gasteiger partial charge in [0.2, 0.25) is 0 Å². The second-order valence-corrected chi connectivity index (χ2v) is 4.66. The zero-order valence-electron chi connectivity index (χ0n) is 10.5. The molecule has 0 aliphatic heterocycles. The first kappa shape index (κ1) is 14.5. The lowest BCUT2D eigenvalue weighted by molar-refractivity contribution is 0.0954. The highest BCUT2D eigenvalue weighted by molar-refractivity contribution is 6.33. The van der Waals surface area contributed by atoms with E-state index in [2.05, 4.69) is 5.32 Å². The number of nitrogens with one attached hydrogen (secondary N) is 1. The van der Waals surface area contributed by atoms with Gasteiger partial charge in [-0.1, -0.05) is 23.7 Å². The molecule has 0 bridgehead atoms. The molecule has 0 aliphatic carbocycles. The molecule has 0 heterocycles. The highest BCUT2D eigenvalue weighted by Gasteiger charge is 2.10. The number of amides is 1. The van der Waals surface area contributed by atoms with Crippen molar-refractivity contribution in [1.82, 2.24) is 5.32 Å². The van der Waals surface area contributed by atoms with Crippen LogP contribution in [0.5, 0.6) is 0 Å². The predicted octanol–water partition coefficient (Wildman–Crippen LogP) is 3.59. The SMILES string of the molecule is O=C(NCCc1ccc(F)cc1)c1ccc(F)cc1Cl. The predicted molar refractivity (Wildman–Crippen MR) is 73.8 cm³/mol. The summed E-state index contributed by atoms with van der Waals surface area (Å²) in [6.07, 6.45) is 0.574. The Kier molecular flexibility index (Phi) is 4.69. The molecule has 0 aromatic heterocycles. The molecule has 0 radical (unpaired) electrons. The minimum absolute atomic E-state index is 0.0734. The van der Waals surface area contributed by atoms with Crippen molar-refractivity contribution in [2.24, 2.45) is 0 Å². The van der Waals surface area contributed by atoms with Crippen LogP contribution in [0.3, 0.4) is 0 Å². The smallest absolute Gasteiger partial charge is 0.252 e. The monoisotopic (exact) mass is 295 g/mol. The number of rotatable bonds is 4. The first-order valence-corrected chi connectivity index (χ1v) is 6.42. The van der Waals surface area contributed by atoms with E-state index in [4.69, 9.17) is 11.6 Å². The van der Waals surface area contributed by atoms with Crippen molar-refractivity contribution in [1.29, 1.82) is 0 Å². The van der Waals surface area contributed by atoms with E-state index in [-0.39, 0.29) is 22.3 Å². The third-order valence-electron chi connectivity index (χ3n) is 2.79. The van der Waals surface area contributed by atoms with Gasteiger partial charge in [-0.25, -0.2) is 8.78 Å². The number of halogens is 3. The Labute approximate surface area is 120 Å². The third kappa shape index (κ3) is 3.78. The summed E-state index contributed by atoms with van der Waals surface area (Å²) in [6, 6.07) is 9.67. The van der Waals surface area contributed by atoms with Crippen LogP contribution in [0.25, 0.3) is 0 Å². The van der Waals surface area contributed by atoms with Crippen LogP contribution in [0.1, 0.15) is 15.9 Å². The van der Waals surface area contributed by atoms with Crippen LogP contribution in [0.4, 0.5) is 8.78 Å². The minimum atomic E-state index is -0.488. The van der Waals surface area contributed by atoms with Gasteiger partial charge in [0.1, 0.15) is 11.6 Å². The Balaban J connectivity index is 1.90. The number of benzene rings is 2.